The van der Waals surface area contributed by atoms with Crippen LogP contribution in [-0.2, 0) is 16.6 Å². The van der Waals surface area contributed by atoms with Gasteiger partial charge in [0.05, 0.1) is 6.54 Å². The van der Waals surface area contributed by atoms with Crippen molar-refractivity contribution in [3.05, 3.63) is 17.9 Å². The van der Waals surface area contributed by atoms with Gasteiger partial charge < -0.3 is 9.73 Å². The number of furan rings is 1. The first-order valence-corrected chi connectivity index (χ1v) is 6.83. The summed E-state index contributed by atoms with van der Waals surface area (Å²) >= 11 is 0. The first-order valence-electron chi connectivity index (χ1n) is 5.35. The van der Waals surface area contributed by atoms with Crippen molar-refractivity contribution in [2.24, 2.45) is 5.92 Å². The molecule has 2 rings (SSSR count). The molecule has 0 unspecified atom stereocenters. The highest BCUT2D eigenvalue weighted by molar-refractivity contribution is 7.89. The van der Waals surface area contributed by atoms with Crippen molar-refractivity contribution in [2.45, 2.75) is 24.5 Å². The van der Waals surface area contributed by atoms with Gasteiger partial charge in [-0.2, -0.15) is 0 Å². The van der Waals surface area contributed by atoms with Crippen LogP contribution in [0.3, 0.4) is 0 Å². The second-order valence-electron chi connectivity index (χ2n) is 4.00. The highest BCUT2D eigenvalue weighted by Crippen LogP contribution is 2.27. The molecule has 0 bridgehead atoms. The molecule has 0 saturated heterocycles. The number of nitrogens with one attached hydrogen (secondary N) is 2. The number of hydrogen-bond donors (Lipinski definition) is 2. The van der Waals surface area contributed by atoms with Crippen molar-refractivity contribution in [2.75, 3.05) is 13.6 Å². The maximum Gasteiger partial charge on any atom is 0.273 e. The summed E-state index contributed by atoms with van der Waals surface area (Å²) in [7, 11) is -2.09. The highest BCUT2D eigenvalue weighted by atomic mass is 32.2. The standard InChI is InChI=1S/C10H16N2O3S/c1-11-16(13,14)10-5-4-9(15-10)7-12-6-8-2-3-8/h4-5,8,11-12H,2-3,6-7H2,1H3. The van der Waals surface area contributed by atoms with Crippen molar-refractivity contribution in [3.8, 4) is 0 Å². The topological polar surface area (TPSA) is 71.3 Å². The summed E-state index contributed by atoms with van der Waals surface area (Å²) in [6, 6.07) is 3.16. The van der Waals surface area contributed by atoms with Gasteiger partial charge in [0, 0.05) is 0 Å². The third-order valence-electron chi connectivity index (χ3n) is 2.60. The van der Waals surface area contributed by atoms with Crippen LogP contribution in [0.5, 0.6) is 0 Å². The molecule has 1 aliphatic rings. The van der Waals surface area contributed by atoms with E-state index in [9.17, 15) is 8.42 Å². The van der Waals surface area contributed by atoms with Gasteiger partial charge in [-0.05, 0) is 44.5 Å². The van der Waals surface area contributed by atoms with E-state index in [1.165, 1.54) is 26.0 Å². The van der Waals surface area contributed by atoms with Crippen molar-refractivity contribution in [1.82, 2.24) is 10.0 Å². The van der Waals surface area contributed by atoms with E-state index in [1.807, 2.05) is 0 Å². The van der Waals surface area contributed by atoms with Crippen molar-refractivity contribution in [3.63, 3.8) is 0 Å². The van der Waals surface area contributed by atoms with Crippen LogP contribution in [0.15, 0.2) is 21.6 Å². The summed E-state index contributed by atoms with van der Waals surface area (Å²) in [5.41, 5.74) is 0. The van der Waals surface area contributed by atoms with Gasteiger partial charge in [0.1, 0.15) is 5.76 Å². The number of sulfonamides is 1. The van der Waals surface area contributed by atoms with Gasteiger partial charge in [0.2, 0.25) is 5.09 Å². The Kier molecular flexibility index (Phi) is 3.32. The maximum absolute atomic E-state index is 11.4. The van der Waals surface area contributed by atoms with Crippen LogP contribution in [0.4, 0.5) is 0 Å². The normalized spacial score (nSPS) is 16.6. The molecule has 0 radical (unpaired) electrons. The van der Waals surface area contributed by atoms with E-state index in [4.69, 9.17) is 4.42 Å². The second kappa shape index (κ2) is 4.57. The van der Waals surface area contributed by atoms with Crippen molar-refractivity contribution >= 4 is 10.0 Å². The molecular weight excluding hydrogens is 228 g/mol. The number of hydrogen-bond acceptors (Lipinski definition) is 4. The predicted octanol–water partition coefficient (Wildman–Crippen LogP) is 0.687. The largest absolute Gasteiger partial charge is 0.447 e. The Morgan fingerprint density at radius 3 is 2.81 bits per heavy atom. The number of rotatable bonds is 6. The summed E-state index contributed by atoms with van der Waals surface area (Å²) in [4.78, 5) is 0. The molecule has 0 spiro atoms. The van der Waals surface area contributed by atoms with E-state index in [2.05, 4.69) is 10.0 Å². The fourth-order valence-corrected chi connectivity index (χ4v) is 2.08. The summed E-state index contributed by atoms with van der Waals surface area (Å²) < 4.78 is 30.2. The van der Waals surface area contributed by atoms with Gasteiger partial charge in [-0.15, -0.1) is 0 Å². The molecule has 5 nitrogen and oxygen atoms in total. The fraction of sp³-hybridized carbons (Fsp3) is 0.600. The lowest BCUT2D eigenvalue weighted by Gasteiger charge is -2.00. The van der Waals surface area contributed by atoms with Crippen LogP contribution in [0.1, 0.15) is 18.6 Å². The average molecular weight is 244 g/mol. The lowest BCUT2D eigenvalue weighted by Crippen LogP contribution is -2.18. The molecule has 90 valence electrons. The summed E-state index contributed by atoms with van der Waals surface area (Å²) in [5.74, 6) is 1.45. The maximum atomic E-state index is 11.4. The van der Waals surface area contributed by atoms with Gasteiger partial charge in [-0.3, -0.25) is 0 Å². The van der Waals surface area contributed by atoms with Crippen molar-refractivity contribution in [1.29, 1.82) is 0 Å². The van der Waals surface area contributed by atoms with Crippen LogP contribution in [0, 0.1) is 5.92 Å². The molecule has 0 aromatic carbocycles. The van der Waals surface area contributed by atoms with E-state index >= 15 is 0 Å². The zero-order valence-electron chi connectivity index (χ0n) is 9.19. The molecule has 1 aromatic rings. The molecule has 1 heterocycles. The quantitative estimate of drug-likeness (QED) is 0.772. The lowest BCUT2D eigenvalue weighted by molar-refractivity contribution is 0.399. The Bertz CT molecular complexity index is 448. The van der Waals surface area contributed by atoms with Crippen LogP contribution in [-0.4, -0.2) is 22.0 Å². The van der Waals surface area contributed by atoms with Crippen LogP contribution < -0.4 is 10.0 Å². The Morgan fingerprint density at radius 2 is 2.19 bits per heavy atom. The second-order valence-corrected chi connectivity index (χ2v) is 5.82. The molecule has 1 fully saturated rings. The smallest absolute Gasteiger partial charge is 0.273 e. The van der Waals surface area contributed by atoms with Crippen LogP contribution >= 0.6 is 0 Å². The molecule has 16 heavy (non-hydrogen) atoms. The molecule has 1 aliphatic carbocycles. The van der Waals surface area contributed by atoms with Gasteiger partial charge >= 0.3 is 0 Å². The third kappa shape index (κ3) is 2.84. The van der Waals surface area contributed by atoms with E-state index in [0.717, 1.165) is 12.5 Å². The van der Waals surface area contributed by atoms with E-state index in [1.54, 1.807) is 6.07 Å². The van der Waals surface area contributed by atoms with E-state index < -0.39 is 10.0 Å². The minimum atomic E-state index is -3.45. The monoisotopic (exact) mass is 244 g/mol. The SMILES string of the molecule is CNS(=O)(=O)c1ccc(CNCC2CC2)o1. The van der Waals surface area contributed by atoms with Gasteiger partial charge in [0.15, 0.2) is 0 Å². The molecular formula is C10H16N2O3S. The first-order chi connectivity index (χ1) is 7.62. The van der Waals surface area contributed by atoms with Gasteiger partial charge in [0.25, 0.3) is 10.0 Å². The third-order valence-corrected chi connectivity index (χ3v) is 3.89. The predicted molar refractivity (Wildman–Crippen MR) is 59.4 cm³/mol. The average Bonchev–Trinajstić information content (AvgIpc) is 2.94. The molecule has 1 aromatic heterocycles. The molecule has 0 atom stereocenters. The van der Waals surface area contributed by atoms with Crippen LogP contribution in [0.2, 0.25) is 0 Å². The minimum Gasteiger partial charge on any atom is -0.447 e. The Morgan fingerprint density at radius 1 is 1.44 bits per heavy atom. The fourth-order valence-electron chi connectivity index (χ4n) is 1.42. The summed E-state index contributed by atoms with van der Waals surface area (Å²) in [6.45, 7) is 1.56. The molecule has 0 aliphatic heterocycles. The van der Waals surface area contributed by atoms with E-state index in [0.29, 0.717) is 12.3 Å². The van der Waals surface area contributed by atoms with Gasteiger partial charge in [-0.1, -0.05) is 0 Å². The lowest BCUT2D eigenvalue weighted by atomic mass is 10.4. The zero-order valence-corrected chi connectivity index (χ0v) is 10.0. The highest BCUT2D eigenvalue weighted by Gasteiger charge is 2.21. The summed E-state index contributed by atoms with van der Waals surface area (Å²) in [5, 5.41) is 3.21. The zero-order chi connectivity index (χ0) is 11.6. The van der Waals surface area contributed by atoms with Crippen molar-refractivity contribution < 1.29 is 12.8 Å². The molecule has 6 heteroatoms. The molecule has 1 saturated carbocycles. The minimum absolute atomic E-state index is 0.0294. The van der Waals surface area contributed by atoms with Gasteiger partial charge in [-0.25, -0.2) is 13.1 Å². The summed E-state index contributed by atoms with van der Waals surface area (Å²) in [6.07, 6.45) is 2.59. The van der Waals surface area contributed by atoms with Crippen LogP contribution in [0.25, 0.3) is 0 Å². The Balaban J connectivity index is 1.90. The molecule has 0 amide bonds. The molecule has 2 N–H and O–H groups in total. The first kappa shape index (κ1) is 11.6. The Labute approximate surface area is 95.3 Å². The van der Waals surface area contributed by atoms with E-state index in [-0.39, 0.29) is 5.09 Å². The Hall–Kier alpha value is -0.850.